The Hall–Kier alpha value is -4.37. The van der Waals surface area contributed by atoms with Crippen LogP contribution in [0.3, 0.4) is 0 Å². The van der Waals surface area contributed by atoms with Gasteiger partial charge in [-0.05, 0) is 107 Å². The number of nitrogens with zero attached hydrogens (tertiary/aromatic N) is 3. The van der Waals surface area contributed by atoms with E-state index in [2.05, 4.69) is 56.5 Å². The molecule has 1 aliphatic heterocycles. The van der Waals surface area contributed by atoms with Crippen LogP contribution in [0.15, 0.2) is 63.5 Å². The molecule has 0 spiro atoms. The molecule has 2 aromatic carbocycles. The topological polar surface area (TPSA) is 84.1 Å². The predicted octanol–water partition coefficient (Wildman–Crippen LogP) is 5.23. The van der Waals surface area contributed by atoms with Crippen LogP contribution in [0.4, 0.5) is 0 Å². The largest absolute Gasteiger partial charge is 0.493 e. The van der Waals surface area contributed by atoms with Crippen LogP contribution in [0, 0.1) is 27.7 Å². The zero-order valence-corrected chi connectivity index (χ0v) is 26.7. The molecule has 2 aromatic heterocycles. The number of rotatable bonds is 8. The molecule has 5 rings (SSSR count). The maximum absolute atomic E-state index is 14.2. The second-order valence-electron chi connectivity index (χ2n) is 10.6. The first-order valence-corrected chi connectivity index (χ1v) is 15.2. The molecule has 0 fully saturated rings. The Morgan fingerprint density at radius 3 is 2.42 bits per heavy atom. The molecule has 0 N–H and O–H groups in total. The number of ether oxygens (including phenoxy) is 3. The van der Waals surface area contributed by atoms with Gasteiger partial charge >= 0.3 is 5.97 Å². The molecule has 1 atom stereocenters. The maximum Gasteiger partial charge on any atom is 0.338 e. The molecule has 43 heavy (non-hydrogen) atoms. The van der Waals surface area contributed by atoms with Crippen molar-refractivity contribution in [2.24, 2.45) is 4.99 Å². The van der Waals surface area contributed by atoms with Crippen LogP contribution in [-0.4, -0.2) is 35.4 Å². The zero-order valence-electron chi connectivity index (χ0n) is 25.9. The number of carbonyl (C=O) groups excluding carboxylic acids is 1. The fraction of sp³-hybridized carbons (Fsp3) is 0.324. The molecule has 0 bridgehead atoms. The Morgan fingerprint density at radius 2 is 1.74 bits per heavy atom. The molecule has 1 aliphatic rings. The minimum Gasteiger partial charge on any atom is -0.493 e. The van der Waals surface area contributed by atoms with Crippen molar-refractivity contribution in [1.82, 2.24) is 9.13 Å². The van der Waals surface area contributed by atoms with Crippen molar-refractivity contribution in [3.05, 3.63) is 107 Å². The van der Waals surface area contributed by atoms with Gasteiger partial charge in [0.2, 0.25) is 0 Å². The highest BCUT2D eigenvalue weighted by Crippen LogP contribution is 2.36. The van der Waals surface area contributed by atoms with E-state index in [1.54, 1.807) is 31.6 Å². The average Bonchev–Trinajstić information content (AvgIpc) is 3.43. The first kappa shape index (κ1) is 30.1. The standard InChI is InChI=1S/C34H37N3O5S/c1-9-41-28-17-24(12-14-27(28)40-8)31-30(33(39)42-10-2)22(6)35-34-37(31)32(38)29(43-34)18-25-16-21(5)36(23(25)7)26-13-11-19(3)20(4)15-26/h11-18,31H,9-10H2,1-8H3/b29-18+/t31-/m0/s1. The highest BCUT2D eigenvalue weighted by Gasteiger charge is 2.34. The Kier molecular flexibility index (Phi) is 8.46. The first-order valence-electron chi connectivity index (χ1n) is 14.4. The summed E-state index contributed by atoms with van der Waals surface area (Å²) >= 11 is 1.31. The molecule has 0 aliphatic carbocycles. The van der Waals surface area contributed by atoms with E-state index in [4.69, 9.17) is 19.2 Å². The lowest BCUT2D eigenvalue weighted by molar-refractivity contribution is -0.139. The fourth-order valence-electron chi connectivity index (χ4n) is 5.58. The molecule has 224 valence electrons. The van der Waals surface area contributed by atoms with Gasteiger partial charge < -0.3 is 18.8 Å². The highest BCUT2D eigenvalue weighted by molar-refractivity contribution is 7.07. The molecule has 0 saturated heterocycles. The minimum absolute atomic E-state index is 0.204. The van der Waals surface area contributed by atoms with Crippen molar-refractivity contribution in [1.29, 1.82) is 0 Å². The van der Waals surface area contributed by atoms with Crippen LogP contribution in [0.5, 0.6) is 11.5 Å². The van der Waals surface area contributed by atoms with Crippen LogP contribution in [-0.2, 0) is 9.53 Å². The summed E-state index contributed by atoms with van der Waals surface area (Å²) < 4.78 is 21.1. The summed E-state index contributed by atoms with van der Waals surface area (Å²) in [4.78, 5) is 32.7. The van der Waals surface area contributed by atoms with E-state index in [-0.39, 0.29) is 12.2 Å². The summed E-state index contributed by atoms with van der Waals surface area (Å²) in [5.41, 5.74) is 7.89. The van der Waals surface area contributed by atoms with Gasteiger partial charge in [-0.25, -0.2) is 9.79 Å². The summed E-state index contributed by atoms with van der Waals surface area (Å²) in [7, 11) is 1.58. The van der Waals surface area contributed by atoms with Crippen molar-refractivity contribution in [2.45, 2.75) is 54.5 Å². The van der Waals surface area contributed by atoms with E-state index < -0.39 is 12.0 Å². The zero-order chi connectivity index (χ0) is 31.0. The number of methoxy groups -OCH3 is 1. The van der Waals surface area contributed by atoms with Gasteiger partial charge in [0.05, 0.1) is 42.2 Å². The molecule has 9 heteroatoms. The molecular weight excluding hydrogens is 562 g/mol. The fourth-order valence-corrected chi connectivity index (χ4v) is 6.61. The van der Waals surface area contributed by atoms with Crippen molar-refractivity contribution < 1.29 is 19.0 Å². The van der Waals surface area contributed by atoms with Crippen molar-refractivity contribution >= 4 is 23.4 Å². The molecule has 3 heterocycles. The highest BCUT2D eigenvalue weighted by atomic mass is 32.1. The molecule has 8 nitrogen and oxygen atoms in total. The van der Waals surface area contributed by atoms with Gasteiger partial charge in [-0.2, -0.15) is 0 Å². The second kappa shape index (κ2) is 12.1. The van der Waals surface area contributed by atoms with E-state index in [9.17, 15) is 9.59 Å². The smallest absolute Gasteiger partial charge is 0.338 e. The molecule has 0 radical (unpaired) electrons. The number of hydrogen-bond donors (Lipinski definition) is 0. The van der Waals surface area contributed by atoms with Gasteiger partial charge in [0.25, 0.3) is 5.56 Å². The number of benzene rings is 2. The van der Waals surface area contributed by atoms with Crippen LogP contribution in [0.25, 0.3) is 11.8 Å². The minimum atomic E-state index is -0.745. The number of hydrogen-bond acceptors (Lipinski definition) is 7. The molecular formula is C34H37N3O5S. The maximum atomic E-state index is 14.2. The number of fused-ring (bicyclic) bond motifs is 1. The van der Waals surface area contributed by atoms with E-state index in [0.29, 0.717) is 44.3 Å². The lowest BCUT2D eigenvalue weighted by Crippen LogP contribution is -2.40. The number of aryl methyl sites for hydroxylation is 3. The third-order valence-corrected chi connectivity index (χ3v) is 8.81. The lowest BCUT2D eigenvalue weighted by atomic mass is 9.95. The number of esters is 1. The van der Waals surface area contributed by atoms with Gasteiger partial charge in [-0.15, -0.1) is 0 Å². The molecule has 4 aromatic rings. The normalized spacial score (nSPS) is 14.9. The number of aromatic nitrogens is 2. The van der Waals surface area contributed by atoms with Gasteiger partial charge in [0.1, 0.15) is 0 Å². The van der Waals surface area contributed by atoms with Gasteiger partial charge in [0, 0.05) is 17.1 Å². The Morgan fingerprint density at radius 1 is 0.977 bits per heavy atom. The lowest BCUT2D eigenvalue weighted by Gasteiger charge is -2.25. The Bertz CT molecular complexity index is 1940. The quantitative estimate of drug-likeness (QED) is 0.259. The number of carbonyl (C=O) groups is 1. The second-order valence-corrected chi connectivity index (χ2v) is 11.6. The number of thiazole rings is 1. The summed E-state index contributed by atoms with van der Waals surface area (Å²) in [6.07, 6.45) is 1.92. The van der Waals surface area contributed by atoms with Gasteiger partial charge in [0.15, 0.2) is 16.3 Å². The van der Waals surface area contributed by atoms with Gasteiger partial charge in [-0.1, -0.05) is 23.5 Å². The van der Waals surface area contributed by atoms with Gasteiger partial charge in [-0.3, -0.25) is 9.36 Å². The predicted molar refractivity (Wildman–Crippen MR) is 169 cm³/mol. The summed E-state index contributed by atoms with van der Waals surface area (Å²) in [6.45, 7) is 14.4. The van der Waals surface area contributed by atoms with Crippen LogP contribution in [0.2, 0.25) is 0 Å². The van der Waals surface area contributed by atoms with E-state index in [1.807, 2.05) is 25.1 Å². The SMILES string of the molecule is CCOC(=O)C1=C(C)N=c2s/c(=C/c3cc(C)n(-c4ccc(C)c(C)c4)c3C)c(=O)n2[C@H]1c1ccc(OC)c(OCC)c1. The third kappa shape index (κ3) is 5.45. The van der Waals surface area contributed by atoms with Crippen molar-refractivity contribution in [2.75, 3.05) is 20.3 Å². The first-order chi connectivity index (χ1) is 20.6. The third-order valence-electron chi connectivity index (χ3n) is 7.83. The summed E-state index contributed by atoms with van der Waals surface area (Å²) in [5.74, 6) is 0.588. The molecule has 0 unspecified atom stereocenters. The van der Waals surface area contributed by atoms with E-state index in [0.717, 1.165) is 22.6 Å². The summed E-state index contributed by atoms with van der Waals surface area (Å²) in [5, 5.41) is 0. The monoisotopic (exact) mass is 599 g/mol. The summed E-state index contributed by atoms with van der Waals surface area (Å²) in [6, 6.07) is 13.2. The van der Waals surface area contributed by atoms with Crippen LogP contribution in [0.1, 0.15) is 60.5 Å². The molecule has 0 saturated carbocycles. The van der Waals surface area contributed by atoms with Crippen molar-refractivity contribution in [3.8, 4) is 17.2 Å². The Labute approximate surface area is 255 Å². The molecule has 0 amide bonds. The average molecular weight is 600 g/mol. The Balaban J connectivity index is 1.70. The van der Waals surface area contributed by atoms with E-state index >= 15 is 0 Å². The van der Waals surface area contributed by atoms with Crippen molar-refractivity contribution in [3.63, 3.8) is 0 Å². The van der Waals surface area contributed by atoms with E-state index in [1.165, 1.54) is 22.5 Å². The van der Waals surface area contributed by atoms with Crippen LogP contribution >= 0.6 is 11.3 Å². The van der Waals surface area contributed by atoms with Crippen LogP contribution < -0.4 is 24.4 Å². The number of allylic oxidation sites excluding steroid dienone is 1.